The lowest BCUT2D eigenvalue weighted by Gasteiger charge is -2.33. The summed E-state index contributed by atoms with van der Waals surface area (Å²) in [5, 5.41) is 8.34. The highest BCUT2D eigenvalue weighted by Gasteiger charge is 2.28. The van der Waals surface area contributed by atoms with Crippen molar-refractivity contribution in [3.63, 3.8) is 0 Å². The first-order valence-corrected chi connectivity index (χ1v) is 5.51. The number of carboxylic acid groups (broad SMARTS) is 1. The van der Waals surface area contributed by atoms with E-state index in [9.17, 15) is 9.59 Å². The number of ether oxygens (including phenoxy) is 1. The zero-order valence-corrected chi connectivity index (χ0v) is 9.73. The molecule has 16 heavy (non-hydrogen) atoms. The van der Waals surface area contributed by atoms with E-state index in [0.29, 0.717) is 5.41 Å². The van der Waals surface area contributed by atoms with E-state index in [-0.39, 0.29) is 6.10 Å². The van der Waals surface area contributed by atoms with Crippen LogP contribution in [0, 0.1) is 5.41 Å². The van der Waals surface area contributed by atoms with E-state index >= 15 is 0 Å². The summed E-state index contributed by atoms with van der Waals surface area (Å²) in [6, 6.07) is 0. The molecule has 0 aliphatic heterocycles. The van der Waals surface area contributed by atoms with Crippen molar-refractivity contribution < 1.29 is 19.4 Å². The number of esters is 1. The zero-order valence-electron chi connectivity index (χ0n) is 9.73. The molecule has 0 aromatic carbocycles. The van der Waals surface area contributed by atoms with Gasteiger partial charge in [0.1, 0.15) is 6.10 Å². The van der Waals surface area contributed by atoms with Gasteiger partial charge in [-0.3, -0.25) is 0 Å². The van der Waals surface area contributed by atoms with Crippen molar-refractivity contribution in [3.8, 4) is 0 Å². The van der Waals surface area contributed by atoms with E-state index in [0.717, 1.165) is 37.8 Å². The van der Waals surface area contributed by atoms with Crippen LogP contribution in [0.2, 0.25) is 0 Å². The van der Waals surface area contributed by atoms with Gasteiger partial charge in [0, 0.05) is 12.2 Å². The minimum absolute atomic E-state index is 0.0565. The highest BCUT2D eigenvalue weighted by molar-refractivity contribution is 5.90. The van der Waals surface area contributed by atoms with Crippen LogP contribution in [0.25, 0.3) is 0 Å². The number of hydrogen-bond acceptors (Lipinski definition) is 3. The van der Waals surface area contributed by atoms with Crippen LogP contribution in [0.15, 0.2) is 12.2 Å². The Kier molecular flexibility index (Phi) is 4.10. The molecule has 4 heteroatoms. The Bertz CT molecular complexity index is 294. The first-order valence-electron chi connectivity index (χ1n) is 5.51. The van der Waals surface area contributed by atoms with Crippen LogP contribution in [0.1, 0.15) is 39.5 Å². The van der Waals surface area contributed by atoms with Crippen molar-refractivity contribution in [1.82, 2.24) is 0 Å². The maximum atomic E-state index is 11.2. The van der Waals surface area contributed by atoms with Crippen molar-refractivity contribution in [1.29, 1.82) is 0 Å². The SMILES string of the molecule is CC1(C)CCC(OC(=O)/C=C/C(=O)O)CC1. The molecule has 0 unspecified atom stereocenters. The average Bonchev–Trinajstić information content (AvgIpc) is 2.18. The molecule has 0 amide bonds. The first-order chi connectivity index (χ1) is 7.39. The fraction of sp³-hybridized carbons (Fsp3) is 0.667. The molecule has 0 aromatic heterocycles. The van der Waals surface area contributed by atoms with E-state index in [2.05, 4.69) is 13.8 Å². The number of carbonyl (C=O) groups excluding carboxylic acids is 1. The molecular formula is C12H18O4. The molecule has 1 aliphatic rings. The van der Waals surface area contributed by atoms with Gasteiger partial charge in [0.15, 0.2) is 0 Å². The van der Waals surface area contributed by atoms with Crippen LogP contribution >= 0.6 is 0 Å². The van der Waals surface area contributed by atoms with Gasteiger partial charge in [0.2, 0.25) is 0 Å². The lowest BCUT2D eigenvalue weighted by molar-refractivity contribution is -0.146. The third-order valence-electron chi connectivity index (χ3n) is 2.93. The molecular weight excluding hydrogens is 208 g/mol. The fourth-order valence-electron chi connectivity index (χ4n) is 1.83. The van der Waals surface area contributed by atoms with Gasteiger partial charge in [-0.1, -0.05) is 13.8 Å². The number of carbonyl (C=O) groups is 2. The minimum atomic E-state index is -1.14. The summed E-state index contributed by atoms with van der Waals surface area (Å²) in [7, 11) is 0. The summed E-state index contributed by atoms with van der Waals surface area (Å²) in [6.45, 7) is 4.41. The Morgan fingerprint density at radius 2 is 1.81 bits per heavy atom. The summed E-state index contributed by atoms with van der Waals surface area (Å²) in [6.07, 6.45) is 5.50. The number of aliphatic carboxylic acids is 1. The van der Waals surface area contributed by atoms with Crippen LogP contribution in [0.3, 0.4) is 0 Å². The number of carboxylic acids is 1. The van der Waals surface area contributed by atoms with E-state index in [4.69, 9.17) is 9.84 Å². The van der Waals surface area contributed by atoms with Gasteiger partial charge in [-0.2, -0.15) is 0 Å². The maximum Gasteiger partial charge on any atom is 0.331 e. The standard InChI is InChI=1S/C12H18O4/c1-12(2)7-5-9(6-8-12)16-11(15)4-3-10(13)14/h3-4,9H,5-8H2,1-2H3,(H,13,14)/b4-3+. The Morgan fingerprint density at radius 3 is 2.31 bits per heavy atom. The van der Waals surface area contributed by atoms with Gasteiger partial charge in [0.05, 0.1) is 0 Å². The van der Waals surface area contributed by atoms with Gasteiger partial charge >= 0.3 is 11.9 Å². The van der Waals surface area contributed by atoms with Crippen LogP contribution in [-0.4, -0.2) is 23.1 Å². The molecule has 0 bridgehead atoms. The van der Waals surface area contributed by atoms with Gasteiger partial charge < -0.3 is 9.84 Å². The molecule has 90 valence electrons. The van der Waals surface area contributed by atoms with Crippen molar-refractivity contribution in [3.05, 3.63) is 12.2 Å². The second-order valence-corrected chi connectivity index (χ2v) is 4.97. The molecule has 0 radical (unpaired) electrons. The molecule has 4 nitrogen and oxygen atoms in total. The number of hydrogen-bond donors (Lipinski definition) is 1. The van der Waals surface area contributed by atoms with Gasteiger partial charge in [-0.05, 0) is 31.1 Å². The third kappa shape index (κ3) is 4.47. The lowest BCUT2D eigenvalue weighted by atomic mass is 9.76. The molecule has 0 saturated heterocycles. The van der Waals surface area contributed by atoms with Crippen LogP contribution in [0.5, 0.6) is 0 Å². The fourth-order valence-corrected chi connectivity index (χ4v) is 1.83. The quantitative estimate of drug-likeness (QED) is 0.591. The first kappa shape index (κ1) is 12.7. The molecule has 0 heterocycles. The second kappa shape index (κ2) is 5.14. The predicted molar refractivity (Wildman–Crippen MR) is 58.9 cm³/mol. The van der Waals surface area contributed by atoms with Crippen molar-refractivity contribution in [2.24, 2.45) is 5.41 Å². The van der Waals surface area contributed by atoms with Crippen LogP contribution in [0.4, 0.5) is 0 Å². The largest absolute Gasteiger partial charge is 0.478 e. The molecule has 0 spiro atoms. The smallest absolute Gasteiger partial charge is 0.331 e. The summed E-state index contributed by atoms with van der Waals surface area (Å²) in [4.78, 5) is 21.4. The highest BCUT2D eigenvalue weighted by atomic mass is 16.5. The molecule has 1 N–H and O–H groups in total. The van der Waals surface area contributed by atoms with Crippen molar-refractivity contribution >= 4 is 11.9 Å². The monoisotopic (exact) mass is 226 g/mol. The van der Waals surface area contributed by atoms with E-state index in [1.54, 1.807) is 0 Å². The zero-order chi connectivity index (χ0) is 12.2. The summed E-state index contributed by atoms with van der Waals surface area (Å²) < 4.78 is 5.15. The van der Waals surface area contributed by atoms with Crippen LogP contribution < -0.4 is 0 Å². The Labute approximate surface area is 95.3 Å². The van der Waals surface area contributed by atoms with Crippen molar-refractivity contribution in [2.45, 2.75) is 45.6 Å². The number of rotatable bonds is 3. The topological polar surface area (TPSA) is 63.6 Å². The van der Waals surface area contributed by atoms with Gasteiger partial charge in [0.25, 0.3) is 0 Å². The van der Waals surface area contributed by atoms with E-state index in [1.807, 2.05) is 0 Å². The molecule has 0 atom stereocenters. The predicted octanol–water partition coefficient (Wildman–Crippen LogP) is 2.14. The summed E-state index contributed by atoms with van der Waals surface area (Å²) in [5.41, 5.74) is 0.333. The molecule has 1 saturated carbocycles. The Hall–Kier alpha value is -1.32. The third-order valence-corrected chi connectivity index (χ3v) is 2.93. The molecule has 1 rings (SSSR count). The van der Waals surface area contributed by atoms with E-state index < -0.39 is 11.9 Å². The van der Waals surface area contributed by atoms with Crippen LogP contribution in [-0.2, 0) is 14.3 Å². The Balaban J connectivity index is 2.34. The Morgan fingerprint density at radius 1 is 1.25 bits per heavy atom. The molecule has 0 aromatic rings. The highest BCUT2D eigenvalue weighted by Crippen LogP contribution is 2.36. The van der Waals surface area contributed by atoms with E-state index in [1.165, 1.54) is 0 Å². The minimum Gasteiger partial charge on any atom is -0.478 e. The molecule has 1 fully saturated rings. The lowest BCUT2D eigenvalue weighted by Crippen LogP contribution is -2.27. The maximum absolute atomic E-state index is 11.2. The average molecular weight is 226 g/mol. The van der Waals surface area contributed by atoms with Gasteiger partial charge in [-0.15, -0.1) is 0 Å². The summed E-state index contributed by atoms with van der Waals surface area (Å²) >= 11 is 0. The van der Waals surface area contributed by atoms with Crippen molar-refractivity contribution in [2.75, 3.05) is 0 Å². The molecule has 1 aliphatic carbocycles. The normalized spacial score (nSPS) is 20.9. The summed E-state index contributed by atoms with van der Waals surface area (Å²) in [5.74, 6) is -1.70. The van der Waals surface area contributed by atoms with Gasteiger partial charge in [-0.25, -0.2) is 9.59 Å². The second-order valence-electron chi connectivity index (χ2n) is 4.97.